The molecule has 0 aliphatic carbocycles. The molecule has 7 nitrogen and oxygen atoms in total. The second kappa shape index (κ2) is 5.93. The van der Waals surface area contributed by atoms with E-state index in [1.807, 2.05) is 24.3 Å². The average Bonchev–Trinajstić information content (AvgIpc) is 3.09. The lowest BCUT2D eigenvalue weighted by molar-refractivity contribution is -0.0246. The number of nitrogens with one attached hydrogen (secondary N) is 1. The van der Waals surface area contributed by atoms with E-state index in [1.54, 1.807) is 23.4 Å². The Kier molecular flexibility index (Phi) is 3.62. The van der Waals surface area contributed by atoms with E-state index in [-0.39, 0.29) is 12.0 Å². The molecule has 3 N–H and O–H groups in total. The van der Waals surface area contributed by atoms with E-state index in [4.69, 9.17) is 10.5 Å². The number of nitrogen functional groups attached to an aromatic ring is 1. The number of carbonyl (C=O) groups is 1. The second-order valence-corrected chi connectivity index (χ2v) is 5.73. The Bertz CT molecular complexity index is 891. The van der Waals surface area contributed by atoms with Crippen molar-refractivity contribution in [3.05, 3.63) is 54.0 Å². The minimum absolute atomic E-state index is 0.0243. The van der Waals surface area contributed by atoms with Crippen LogP contribution in [0.4, 0.5) is 5.82 Å². The van der Waals surface area contributed by atoms with Crippen LogP contribution in [-0.4, -0.2) is 45.5 Å². The summed E-state index contributed by atoms with van der Waals surface area (Å²) in [5, 5.41) is 0. The first-order valence-electron chi connectivity index (χ1n) is 7.77. The summed E-state index contributed by atoms with van der Waals surface area (Å²) in [6.45, 7) is 1.48. The summed E-state index contributed by atoms with van der Waals surface area (Å²) < 4.78 is 5.77. The predicted octanol–water partition coefficient (Wildman–Crippen LogP) is 1.75. The van der Waals surface area contributed by atoms with Gasteiger partial charge in [-0.1, -0.05) is 6.07 Å². The van der Waals surface area contributed by atoms with Gasteiger partial charge < -0.3 is 20.4 Å². The van der Waals surface area contributed by atoms with Crippen molar-refractivity contribution in [2.24, 2.45) is 0 Å². The third-order valence-corrected chi connectivity index (χ3v) is 4.14. The average molecular weight is 323 g/mol. The molecule has 0 unspecified atom stereocenters. The lowest BCUT2D eigenvalue weighted by Gasteiger charge is -2.32. The molecule has 3 heterocycles. The molecule has 1 saturated heterocycles. The maximum absolute atomic E-state index is 12.8. The van der Waals surface area contributed by atoms with Gasteiger partial charge >= 0.3 is 0 Å². The molecule has 3 aromatic rings. The lowest BCUT2D eigenvalue weighted by atomic mass is 10.1. The van der Waals surface area contributed by atoms with Crippen molar-refractivity contribution >= 4 is 22.8 Å². The van der Waals surface area contributed by atoms with Gasteiger partial charge in [0.2, 0.25) is 0 Å². The summed E-state index contributed by atoms with van der Waals surface area (Å²) in [6.07, 6.45) is 1.36. The fraction of sp³-hybridized carbons (Fsp3) is 0.235. The van der Waals surface area contributed by atoms with Crippen LogP contribution in [0.3, 0.4) is 0 Å². The molecule has 1 fully saturated rings. The van der Waals surface area contributed by atoms with Gasteiger partial charge in [-0.25, -0.2) is 9.97 Å². The predicted molar refractivity (Wildman–Crippen MR) is 89.3 cm³/mol. The van der Waals surface area contributed by atoms with E-state index in [0.717, 1.165) is 16.7 Å². The largest absolute Gasteiger partial charge is 0.384 e. The van der Waals surface area contributed by atoms with Crippen molar-refractivity contribution in [1.29, 1.82) is 0 Å². The van der Waals surface area contributed by atoms with Crippen LogP contribution in [0.15, 0.2) is 42.7 Å². The summed E-state index contributed by atoms with van der Waals surface area (Å²) in [5.74, 6) is 0.424. The molecule has 0 spiro atoms. The molecule has 122 valence electrons. The van der Waals surface area contributed by atoms with E-state index in [2.05, 4.69) is 15.0 Å². The molecule has 0 radical (unpaired) electrons. The number of amides is 1. The van der Waals surface area contributed by atoms with Gasteiger partial charge in [0.25, 0.3) is 5.91 Å². The third-order valence-electron chi connectivity index (χ3n) is 4.14. The van der Waals surface area contributed by atoms with Crippen LogP contribution >= 0.6 is 0 Å². The number of nitrogens with two attached hydrogens (primary N) is 1. The number of pyridine rings is 1. The molecule has 2 aromatic heterocycles. The van der Waals surface area contributed by atoms with Crippen molar-refractivity contribution in [2.45, 2.75) is 6.10 Å². The van der Waals surface area contributed by atoms with Crippen LogP contribution in [0.2, 0.25) is 0 Å². The number of rotatable bonds is 2. The third kappa shape index (κ3) is 2.69. The maximum Gasteiger partial charge on any atom is 0.254 e. The van der Waals surface area contributed by atoms with E-state index < -0.39 is 0 Å². The number of aromatic amines is 1. The van der Waals surface area contributed by atoms with Crippen LogP contribution in [-0.2, 0) is 4.74 Å². The fourth-order valence-electron chi connectivity index (χ4n) is 2.91. The molecule has 1 aliphatic rings. The molecule has 1 amide bonds. The van der Waals surface area contributed by atoms with Gasteiger partial charge in [0.15, 0.2) is 0 Å². The zero-order valence-electron chi connectivity index (χ0n) is 13.0. The van der Waals surface area contributed by atoms with Crippen molar-refractivity contribution in [2.75, 3.05) is 25.4 Å². The normalized spacial score (nSPS) is 18.0. The van der Waals surface area contributed by atoms with Gasteiger partial charge in [-0.3, -0.25) is 4.79 Å². The number of ether oxygens (including phenoxy) is 1. The van der Waals surface area contributed by atoms with E-state index in [9.17, 15) is 4.79 Å². The highest BCUT2D eigenvalue weighted by atomic mass is 16.5. The highest BCUT2D eigenvalue weighted by Gasteiger charge is 2.27. The number of anilines is 1. The number of hydrogen-bond donors (Lipinski definition) is 2. The Balaban J connectivity index is 1.55. The second-order valence-electron chi connectivity index (χ2n) is 5.73. The molecule has 1 atom stereocenters. The minimum atomic E-state index is -0.262. The Morgan fingerprint density at radius 3 is 3.12 bits per heavy atom. The molecule has 0 saturated carbocycles. The Morgan fingerprint density at radius 1 is 1.33 bits per heavy atom. The van der Waals surface area contributed by atoms with Gasteiger partial charge in [0, 0.05) is 12.1 Å². The summed E-state index contributed by atoms with van der Waals surface area (Å²) in [5.41, 5.74) is 8.81. The first-order chi connectivity index (χ1) is 11.7. The minimum Gasteiger partial charge on any atom is -0.384 e. The fourth-order valence-corrected chi connectivity index (χ4v) is 2.91. The standard InChI is InChI=1S/C17H17N5O2/c18-16-3-1-2-13(21-16)15-9-22(6-7-24-15)17(23)11-4-5-12-14(8-11)20-10-19-12/h1-5,8,10,15H,6-7,9H2,(H2,18,21)(H,19,20)/t15-/m1/s1. The lowest BCUT2D eigenvalue weighted by Crippen LogP contribution is -2.42. The number of benzene rings is 1. The van der Waals surface area contributed by atoms with E-state index >= 15 is 0 Å². The number of H-pyrrole nitrogens is 1. The van der Waals surface area contributed by atoms with Gasteiger partial charge in [0.1, 0.15) is 11.9 Å². The number of imidazole rings is 1. The summed E-state index contributed by atoms with van der Waals surface area (Å²) in [7, 11) is 0. The zero-order chi connectivity index (χ0) is 16.5. The molecular formula is C17H17N5O2. The van der Waals surface area contributed by atoms with E-state index in [0.29, 0.717) is 31.1 Å². The Hall–Kier alpha value is -2.93. The first kappa shape index (κ1) is 14.6. The van der Waals surface area contributed by atoms with Crippen molar-refractivity contribution in [3.8, 4) is 0 Å². The Labute approximate surface area is 138 Å². The van der Waals surface area contributed by atoms with Crippen molar-refractivity contribution in [3.63, 3.8) is 0 Å². The summed E-state index contributed by atoms with van der Waals surface area (Å²) >= 11 is 0. The van der Waals surface area contributed by atoms with Crippen molar-refractivity contribution in [1.82, 2.24) is 19.9 Å². The molecular weight excluding hydrogens is 306 g/mol. The number of morpholine rings is 1. The summed E-state index contributed by atoms with van der Waals surface area (Å²) in [6, 6.07) is 10.9. The maximum atomic E-state index is 12.8. The first-order valence-corrected chi connectivity index (χ1v) is 7.77. The number of hydrogen-bond acceptors (Lipinski definition) is 5. The number of aromatic nitrogens is 3. The molecule has 0 bridgehead atoms. The highest BCUT2D eigenvalue weighted by Crippen LogP contribution is 2.23. The Morgan fingerprint density at radius 2 is 2.25 bits per heavy atom. The van der Waals surface area contributed by atoms with Crippen LogP contribution < -0.4 is 5.73 Å². The number of fused-ring (bicyclic) bond motifs is 1. The smallest absolute Gasteiger partial charge is 0.254 e. The van der Waals surface area contributed by atoms with Crippen molar-refractivity contribution < 1.29 is 9.53 Å². The van der Waals surface area contributed by atoms with Gasteiger partial charge in [-0.05, 0) is 30.3 Å². The molecule has 7 heteroatoms. The van der Waals surface area contributed by atoms with Crippen LogP contribution in [0.25, 0.3) is 11.0 Å². The SMILES string of the molecule is Nc1cccc([C@H]2CN(C(=O)c3ccc4nc[nH]c4c3)CCO2)n1. The van der Waals surface area contributed by atoms with Gasteiger partial charge in [-0.2, -0.15) is 0 Å². The monoisotopic (exact) mass is 323 g/mol. The molecule has 1 aliphatic heterocycles. The topological polar surface area (TPSA) is 97.1 Å². The van der Waals surface area contributed by atoms with Gasteiger partial charge in [-0.15, -0.1) is 0 Å². The number of nitrogens with zero attached hydrogens (tertiary/aromatic N) is 3. The number of carbonyl (C=O) groups excluding carboxylic acids is 1. The summed E-state index contributed by atoms with van der Waals surface area (Å²) in [4.78, 5) is 26.1. The molecule has 4 rings (SSSR count). The van der Waals surface area contributed by atoms with E-state index in [1.165, 1.54) is 0 Å². The molecule has 24 heavy (non-hydrogen) atoms. The van der Waals surface area contributed by atoms with Gasteiger partial charge in [0.05, 0.1) is 36.2 Å². The van der Waals surface area contributed by atoms with Crippen LogP contribution in [0.1, 0.15) is 22.2 Å². The van der Waals surface area contributed by atoms with Crippen LogP contribution in [0.5, 0.6) is 0 Å². The quantitative estimate of drug-likeness (QED) is 0.749. The van der Waals surface area contributed by atoms with Crippen LogP contribution in [0, 0.1) is 0 Å². The molecule has 1 aromatic carbocycles. The zero-order valence-corrected chi connectivity index (χ0v) is 13.0. The highest BCUT2D eigenvalue weighted by molar-refractivity contribution is 5.97.